The summed E-state index contributed by atoms with van der Waals surface area (Å²) in [6.45, 7) is 5.25. The lowest BCUT2D eigenvalue weighted by atomic mass is 9.98. The minimum absolute atomic E-state index is 0.0913. The van der Waals surface area contributed by atoms with Crippen molar-refractivity contribution in [2.24, 2.45) is 0 Å². The van der Waals surface area contributed by atoms with Crippen LogP contribution in [0.2, 0.25) is 5.02 Å². The normalized spacial score (nSPS) is 17.5. The molecule has 1 heterocycles. The van der Waals surface area contributed by atoms with Crippen LogP contribution in [0.4, 0.5) is 5.69 Å². The van der Waals surface area contributed by atoms with Crippen LogP contribution in [0, 0.1) is 12.3 Å². The second-order valence-corrected chi connectivity index (χ2v) is 8.32. The summed E-state index contributed by atoms with van der Waals surface area (Å²) in [5.41, 5.74) is 4.05. The molecule has 0 saturated carbocycles. The average Bonchev–Trinajstić information content (AvgIpc) is 2.75. The maximum Gasteiger partial charge on any atom is 0.255 e. The maximum absolute atomic E-state index is 12.9. The number of nitrogens with zero attached hydrogens (tertiary/aromatic N) is 1. The van der Waals surface area contributed by atoms with Crippen molar-refractivity contribution in [3.05, 3.63) is 46.0 Å². The zero-order chi connectivity index (χ0) is 21.5. The third kappa shape index (κ3) is 5.81. The Kier molecular flexibility index (Phi) is 7.84. The fourth-order valence-corrected chi connectivity index (χ4v) is 4.11. The Bertz CT molecular complexity index is 877. The number of terminal acetylenes is 1. The van der Waals surface area contributed by atoms with Gasteiger partial charge in [0.15, 0.2) is 0 Å². The standard InChI is InChI=1S/C24H30ClN3O2/c1-4-13-30-23-15-22(26-3)21(25)14-20(23)24(29)27-19-9-11-28(12-10-19)16-18-7-5-17(2)6-8-18/h1,5,8,14-15,19,26H,6-7,9-13,16H2,2-3H3,(H,27,29). The predicted molar refractivity (Wildman–Crippen MR) is 123 cm³/mol. The molecule has 6 heteroatoms. The number of hydrogen-bond donors (Lipinski definition) is 2. The fourth-order valence-electron chi connectivity index (χ4n) is 3.85. The Labute approximate surface area is 184 Å². The van der Waals surface area contributed by atoms with E-state index in [1.165, 1.54) is 11.1 Å². The van der Waals surface area contributed by atoms with Gasteiger partial charge in [0.05, 0.1) is 16.3 Å². The maximum atomic E-state index is 12.9. The molecule has 2 N–H and O–H groups in total. The summed E-state index contributed by atoms with van der Waals surface area (Å²) in [5.74, 6) is 2.69. The van der Waals surface area contributed by atoms with Crippen LogP contribution in [-0.2, 0) is 0 Å². The van der Waals surface area contributed by atoms with Crippen LogP contribution in [0.1, 0.15) is 43.0 Å². The van der Waals surface area contributed by atoms with Gasteiger partial charge in [0.2, 0.25) is 0 Å². The number of halogens is 1. The molecule has 3 rings (SSSR count). The number of anilines is 1. The van der Waals surface area contributed by atoms with E-state index in [1.54, 1.807) is 19.2 Å². The molecule has 0 unspecified atom stereocenters. The molecule has 0 radical (unpaired) electrons. The van der Waals surface area contributed by atoms with Crippen molar-refractivity contribution < 1.29 is 9.53 Å². The smallest absolute Gasteiger partial charge is 0.255 e. The lowest BCUT2D eigenvalue weighted by Crippen LogP contribution is -2.45. The topological polar surface area (TPSA) is 53.6 Å². The number of nitrogens with one attached hydrogen (secondary N) is 2. The van der Waals surface area contributed by atoms with Gasteiger partial charge in [-0.25, -0.2) is 0 Å². The van der Waals surface area contributed by atoms with Crippen LogP contribution >= 0.6 is 11.6 Å². The van der Waals surface area contributed by atoms with Gasteiger partial charge < -0.3 is 15.4 Å². The van der Waals surface area contributed by atoms with E-state index in [0.717, 1.165) is 45.3 Å². The quantitative estimate of drug-likeness (QED) is 0.504. The van der Waals surface area contributed by atoms with Crippen LogP contribution < -0.4 is 15.4 Å². The average molecular weight is 428 g/mol. The van der Waals surface area contributed by atoms with Gasteiger partial charge in [-0.3, -0.25) is 9.69 Å². The Morgan fingerprint density at radius 3 is 2.70 bits per heavy atom. The minimum atomic E-state index is -0.180. The molecule has 160 valence electrons. The van der Waals surface area contributed by atoms with Gasteiger partial charge in [-0.05, 0) is 38.7 Å². The number of rotatable bonds is 7. The lowest BCUT2D eigenvalue weighted by molar-refractivity contribution is 0.0910. The number of ether oxygens (including phenoxy) is 1. The summed E-state index contributed by atoms with van der Waals surface area (Å²) in [4.78, 5) is 15.4. The number of amides is 1. The number of allylic oxidation sites excluding steroid dienone is 3. The highest BCUT2D eigenvalue weighted by Gasteiger charge is 2.24. The van der Waals surface area contributed by atoms with Crippen LogP contribution in [0.5, 0.6) is 5.75 Å². The monoisotopic (exact) mass is 427 g/mol. The zero-order valence-corrected chi connectivity index (χ0v) is 18.5. The third-order valence-corrected chi connectivity index (χ3v) is 5.98. The van der Waals surface area contributed by atoms with E-state index in [1.807, 2.05) is 0 Å². The Hall–Kier alpha value is -2.42. The van der Waals surface area contributed by atoms with E-state index in [4.69, 9.17) is 22.8 Å². The van der Waals surface area contributed by atoms with Crippen molar-refractivity contribution in [1.82, 2.24) is 10.2 Å². The molecule has 1 aliphatic carbocycles. The van der Waals surface area contributed by atoms with Crippen molar-refractivity contribution in [2.45, 2.75) is 38.6 Å². The van der Waals surface area contributed by atoms with Crippen LogP contribution in [0.15, 0.2) is 35.4 Å². The molecule has 1 aromatic carbocycles. The SMILES string of the molecule is C#CCOc1cc(NC)c(Cl)cc1C(=O)NC1CCN(CC2=CCC(C)=CC2)CC1. The molecule has 1 saturated heterocycles. The molecule has 1 fully saturated rings. The highest BCUT2D eigenvalue weighted by molar-refractivity contribution is 6.33. The number of likely N-dealkylation sites (tertiary alicyclic amines) is 1. The highest BCUT2D eigenvalue weighted by Crippen LogP contribution is 2.31. The summed E-state index contributed by atoms with van der Waals surface area (Å²) < 4.78 is 5.59. The number of benzene rings is 1. The molecule has 0 bridgehead atoms. The van der Waals surface area contributed by atoms with Gasteiger partial charge >= 0.3 is 0 Å². The molecule has 1 aliphatic heterocycles. The van der Waals surface area contributed by atoms with E-state index < -0.39 is 0 Å². The molecular weight excluding hydrogens is 398 g/mol. The molecule has 0 atom stereocenters. The first-order valence-corrected chi connectivity index (χ1v) is 10.8. The fraction of sp³-hybridized carbons (Fsp3) is 0.458. The Morgan fingerprint density at radius 2 is 2.07 bits per heavy atom. The van der Waals surface area contributed by atoms with Gasteiger partial charge in [0.25, 0.3) is 5.91 Å². The first kappa shape index (κ1) is 22.3. The van der Waals surface area contributed by atoms with Crippen molar-refractivity contribution in [2.75, 3.05) is 38.6 Å². The van der Waals surface area contributed by atoms with Crippen molar-refractivity contribution in [3.8, 4) is 18.1 Å². The van der Waals surface area contributed by atoms with Gasteiger partial charge in [0.1, 0.15) is 12.4 Å². The minimum Gasteiger partial charge on any atom is -0.480 e. The van der Waals surface area contributed by atoms with Crippen LogP contribution in [0.25, 0.3) is 0 Å². The number of carbonyl (C=O) groups is 1. The van der Waals surface area contributed by atoms with Crippen molar-refractivity contribution in [1.29, 1.82) is 0 Å². The molecule has 0 aromatic heterocycles. The predicted octanol–water partition coefficient (Wildman–Crippen LogP) is 4.25. The molecule has 0 spiro atoms. The number of piperidine rings is 1. The molecule has 2 aliphatic rings. The number of carbonyl (C=O) groups excluding carboxylic acids is 1. The molecule has 30 heavy (non-hydrogen) atoms. The van der Waals surface area contributed by atoms with Gasteiger partial charge in [0, 0.05) is 38.8 Å². The summed E-state index contributed by atoms with van der Waals surface area (Å²) >= 11 is 6.29. The van der Waals surface area contributed by atoms with Crippen molar-refractivity contribution in [3.63, 3.8) is 0 Å². The van der Waals surface area contributed by atoms with E-state index in [-0.39, 0.29) is 18.6 Å². The summed E-state index contributed by atoms with van der Waals surface area (Å²) in [6.07, 6.45) is 14.0. The summed E-state index contributed by atoms with van der Waals surface area (Å²) in [7, 11) is 1.76. The third-order valence-electron chi connectivity index (χ3n) is 5.67. The lowest BCUT2D eigenvalue weighted by Gasteiger charge is -2.33. The van der Waals surface area contributed by atoms with E-state index in [2.05, 4.69) is 40.5 Å². The van der Waals surface area contributed by atoms with Crippen LogP contribution in [-0.4, -0.2) is 50.1 Å². The summed E-state index contributed by atoms with van der Waals surface area (Å²) in [5, 5.41) is 6.61. The van der Waals surface area contributed by atoms with Crippen molar-refractivity contribution >= 4 is 23.2 Å². The summed E-state index contributed by atoms with van der Waals surface area (Å²) in [6, 6.07) is 3.49. The van der Waals surface area contributed by atoms with Gasteiger partial charge in [-0.2, -0.15) is 0 Å². The van der Waals surface area contributed by atoms with Gasteiger partial charge in [-0.15, -0.1) is 6.42 Å². The van der Waals surface area contributed by atoms with E-state index in [0.29, 0.717) is 22.0 Å². The Balaban J connectivity index is 1.57. The molecule has 1 aromatic rings. The van der Waals surface area contributed by atoms with E-state index >= 15 is 0 Å². The molecular formula is C24H30ClN3O2. The zero-order valence-electron chi connectivity index (χ0n) is 17.8. The number of hydrogen-bond acceptors (Lipinski definition) is 4. The second-order valence-electron chi connectivity index (χ2n) is 7.92. The second kappa shape index (κ2) is 10.6. The highest BCUT2D eigenvalue weighted by atomic mass is 35.5. The van der Waals surface area contributed by atoms with E-state index in [9.17, 15) is 4.79 Å². The Morgan fingerprint density at radius 1 is 1.30 bits per heavy atom. The first-order valence-electron chi connectivity index (χ1n) is 10.4. The first-order chi connectivity index (χ1) is 14.5. The molecule has 1 amide bonds. The van der Waals surface area contributed by atoms with Crippen LogP contribution in [0.3, 0.4) is 0 Å². The van der Waals surface area contributed by atoms with Gasteiger partial charge in [-0.1, -0.05) is 40.8 Å². The largest absolute Gasteiger partial charge is 0.480 e. The molecule has 5 nitrogen and oxygen atoms in total.